The number of pyridine rings is 1. The Hall–Kier alpha value is -4.11. The number of thioether (sulfide) groups is 1. The first-order valence-corrected chi connectivity index (χ1v) is 11.5. The lowest BCUT2D eigenvalue weighted by atomic mass is 10.2. The fraction of sp³-hybridized carbons (Fsp3) is 0.120. The lowest BCUT2D eigenvalue weighted by molar-refractivity contribution is -0.113. The molecule has 4 aromatic rings. The Morgan fingerprint density at radius 3 is 2.44 bits per heavy atom. The van der Waals surface area contributed by atoms with Crippen molar-refractivity contribution in [3.8, 4) is 5.69 Å². The normalized spacial score (nSPS) is 10.6. The average Bonchev–Trinajstić information content (AvgIpc) is 3.07. The molecule has 0 fully saturated rings. The van der Waals surface area contributed by atoms with E-state index in [1.54, 1.807) is 55.3 Å². The first-order valence-electron chi connectivity index (χ1n) is 10.5. The zero-order valence-electron chi connectivity index (χ0n) is 18.7. The van der Waals surface area contributed by atoms with Gasteiger partial charge in [-0.15, -0.1) is 11.8 Å². The third-order valence-corrected chi connectivity index (χ3v) is 6.23. The summed E-state index contributed by atoms with van der Waals surface area (Å²) in [5.74, 6) is -0.403. The number of para-hydroxylation sites is 1. The van der Waals surface area contributed by atoms with E-state index < -0.39 is 5.91 Å². The minimum absolute atomic E-state index is 0.191. The Kier molecular flexibility index (Phi) is 6.93. The van der Waals surface area contributed by atoms with Gasteiger partial charge in [-0.25, -0.2) is 4.68 Å². The maximum absolute atomic E-state index is 13.0. The van der Waals surface area contributed by atoms with E-state index in [9.17, 15) is 14.4 Å². The van der Waals surface area contributed by atoms with Gasteiger partial charge in [0.15, 0.2) is 0 Å². The van der Waals surface area contributed by atoms with E-state index in [1.165, 1.54) is 16.4 Å². The van der Waals surface area contributed by atoms with Gasteiger partial charge in [-0.1, -0.05) is 24.3 Å². The van der Waals surface area contributed by atoms with Crippen LogP contribution in [0.25, 0.3) is 5.69 Å². The molecule has 2 heterocycles. The highest BCUT2D eigenvalue weighted by atomic mass is 32.2. The summed E-state index contributed by atoms with van der Waals surface area (Å²) < 4.78 is 3.20. The number of nitrogens with one attached hydrogen (secondary N) is 2. The molecule has 2 aromatic carbocycles. The van der Waals surface area contributed by atoms with E-state index in [-0.39, 0.29) is 22.9 Å². The van der Waals surface area contributed by atoms with Gasteiger partial charge < -0.3 is 10.6 Å². The molecule has 0 bridgehead atoms. The van der Waals surface area contributed by atoms with E-state index in [2.05, 4.69) is 15.6 Å². The standard InChI is InChI=1S/C25H23N5O3S/c1-17-23(25(33)30(29(17)2)20-9-4-3-5-10-20)28-24(32)18-7-6-8-19(15-18)27-22(31)16-34-21-11-13-26-14-12-21/h3-15H,16H2,1-2H3,(H,27,31)(H,28,32). The summed E-state index contributed by atoms with van der Waals surface area (Å²) >= 11 is 1.39. The highest BCUT2D eigenvalue weighted by Crippen LogP contribution is 2.19. The van der Waals surface area contributed by atoms with E-state index in [1.807, 2.05) is 42.5 Å². The van der Waals surface area contributed by atoms with E-state index in [0.29, 0.717) is 22.6 Å². The molecule has 0 saturated carbocycles. The van der Waals surface area contributed by atoms with Crippen LogP contribution in [0.1, 0.15) is 16.1 Å². The van der Waals surface area contributed by atoms with Crippen LogP contribution in [0.3, 0.4) is 0 Å². The van der Waals surface area contributed by atoms with Crippen molar-refractivity contribution in [3.63, 3.8) is 0 Å². The van der Waals surface area contributed by atoms with Crippen molar-refractivity contribution in [2.75, 3.05) is 16.4 Å². The van der Waals surface area contributed by atoms with Crippen LogP contribution >= 0.6 is 11.8 Å². The van der Waals surface area contributed by atoms with Crippen LogP contribution in [0.5, 0.6) is 0 Å². The van der Waals surface area contributed by atoms with Crippen molar-refractivity contribution in [2.24, 2.45) is 7.05 Å². The van der Waals surface area contributed by atoms with Crippen molar-refractivity contribution in [1.29, 1.82) is 0 Å². The van der Waals surface area contributed by atoms with Gasteiger partial charge in [0.05, 0.1) is 17.1 Å². The molecule has 9 heteroatoms. The van der Waals surface area contributed by atoms with Crippen LogP contribution in [0.15, 0.2) is 88.8 Å². The summed E-state index contributed by atoms with van der Waals surface area (Å²) in [5, 5.41) is 5.54. The molecule has 0 saturated heterocycles. The van der Waals surface area contributed by atoms with Gasteiger partial charge in [0.2, 0.25) is 5.91 Å². The second-order valence-electron chi connectivity index (χ2n) is 7.49. The molecule has 2 aromatic heterocycles. The number of aromatic nitrogens is 3. The maximum atomic E-state index is 13.0. The predicted molar refractivity (Wildman–Crippen MR) is 134 cm³/mol. The maximum Gasteiger partial charge on any atom is 0.295 e. The highest BCUT2D eigenvalue weighted by Gasteiger charge is 2.19. The summed E-state index contributed by atoms with van der Waals surface area (Å²) in [6.07, 6.45) is 3.34. The zero-order chi connectivity index (χ0) is 24.1. The molecule has 8 nitrogen and oxygen atoms in total. The summed E-state index contributed by atoms with van der Waals surface area (Å²) in [4.78, 5) is 43.2. The molecule has 4 rings (SSSR count). The summed E-state index contributed by atoms with van der Waals surface area (Å²) in [7, 11) is 1.76. The molecule has 2 N–H and O–H groups in total. The Balaban J connectivity index is 1.47. The number of rotatable bonds is 7. The minimum atomic E-state index is -0.437. The quantitative estimate of drug-likeness (QED) is 0.397. The van der Waals surface area contributed by atoms with Gasteiger partial charge in [0.25, 0.3) is 11.5 Å². The Bertz CT molecular complexity index is 1380. The molecule has 2 amide bonds. The van der Waals surface area contributed by atoms with Crippen LogP contribution in [-0.2, 0) is 11.8 Å². The second kappa shape index (κ2) is 10.2. The van der Waals surface area contributed by atoms with Crippen LogP contribution in [0, 0.1) is 6.92 Å². The van der Waals surface area contributed by atoms with E-state index >= 15 is 0 Å². The summed E-state index contributed by atoms with van der Waals surface area (Å²) in [5.41, 5.74) is 2.04. The van der Waals surface area contributed by atoms with Crippen molar-refractivity contribution in [1.82, 2.24) is 14.3 Å². The summed E-state index contributed by atoms with van der Waals surface area (Å²) in [6, 6.07) is 19.5. The third kappa shape index (κ3) is 5.10. The SMILES string of the molecule is Cc1c(NC(=O)c2cccc(NC(=O)CSc3ccncc3)c2)c(=O)n(-c2ccccc2)n1C. The van der Waals surface area contributed by atoms with Gasteiger partial charge in [0.1, 0.15) is 5.69 Å². The molecule has 0 aliphatic heterocycles. The first-order chi connectivity index (χ1) is 16.4. The van der Waals surface area contributed by atoms with Gasteiger partial charge in [-0.2, -0.15) is 0 Å². The molecule has 34 heavy (non-hydrogen) atoms. The third-order valence-electron chi connectivity index (χ3n) is 5.22. The molecular formula is C25H23N5O3S. The zero-order valence-corrected chi connectivity index (χ0v) is 19.5. The Morgan fingerprint density at radius 1 is 0.971 bits per heavy atom. The van der Waals surface area contributed by atoms with E-state index in [0.717, 1.165) is 4.90 Å². The molecule has 0 atom stereocenters. The number of carbonyl (C=O) groups is 2. The molecule has 172 valence electrons. The number of hydrogen-bond acceptors (Lipinski definition) is 5. The fourth-order valence-corrected chi connectivity index (χ4v) is 4.10. The molecule has 0 aliphatic rings. The Labute approximate surface area is 200 Å². The molecule has 0 unspecified atom stereocenters. The van der Waals surface area contributed by atoms with Gasteiger partial charge in [-0.3, -0.25) is 24.0 Å². The average molecular weight is 474 g/mol. The smallest absolute Gasteiger partial charge is 0.295 e. The largest absolute Gasteiger partial charge is 0.325 e. The van der Waals surface area contributed by atoms with Gasteiger partial charge in [-0.05, 0) is 49.4 Å². The lowest BCUT2D eigenvalue weighted by Gasteiger charge is -2.08. The molecule has 0 aliphatic carbocycles. The van der Waals surface area contributed by atoms with Crippen molar-refractivity contribution >= 4 is 35.0 Å². The number of benzene rings is 2. The number of carbonyl (C=O) groups excluding carboxylic acids is 2. The second-order valence-corrected chi connectivity index (χ2v) is 8.54. The molecular weight excluding hydrogens is 450 g/mol. The van der Waals surface area contributed by atoms with Crippen LogP contribution in [-0.4, -0.2) is 31.9 Å². The first kappa shape index (κ1) is 23.1. The topological polar surface area (TPSA) is 98.0 Å². The number of nitrogens with zero attached hydrogens (tertiary/aromatic N) is 3. The highest BCUT2D eigenvalue weighted by molar-refractivity contribution is 8.00. The number of hydrogen-bond donors (Lipinski definition) is 2. The van der Waals surface area contributed by atoms with Crippen molar-refractivity contribution in [2.45, 2.75) is 11.8 Å². The van der Waals surface area contributed by atoms with E-state index in [4.69, 9.17) is 0 Å². The molecule has 0 radical (unpaired) electrons. The van der Waals surface area contributed by atoms with Gasteiger partial charge >= 0.3 is 0 Å². The van der Waals surface area contributed by atoms with Crippen molar-refractivity contribution in [3.05, 3.63) is 101 Å². The number of amides is 2. The van der Waals surface area contributed by atoms with Crippen LogP contribution in [0.4, 0.5) is 11.4 Å². The van der Waals surface area contributed by atoms with Gasteiger partial charge in [0, 0.05) is 35.6 Å². The monoisotopic (exact) mass is 473 g/mol. The predicted octanol–water partition coefficient (Wildman–Crippen LogP) is 3.86. The summed E-state index contributed by atoms with van der Waals surface area (Å²) in [6.45, 7) is 1.77. The minimum Gasteiger partial charge on any atom is -0.325 e. The number of anilines is 2. The molecule has 0 spiro atoms. The Morgan fingerprint density at radius 2 is 1.71 bits per heavy atom. The fourth-order valence-electron chi connectivity index (χ4n) is 3.42. The lowest BCUT2D eigenvalue weighted by Crippen LogP contribution is -2.23. The van der Waals surface area contributed by atoms with Crippen molar-refractivity contribution < 1.29 is 9.59 Å². The van der Waals surface area contributed by atoms with Crippen LogP contribution in [0.2, 0.25) is 0 Å². The van der Waals surface area contributed by atoms with Crippen LogP contribution < -0.4 is 16.2 Å².